The third-order valence-corrected chi connectivity index (χ3v) is 3.69. The summed E-state index contributed by atoms with van der Waals surface area (Å²) >= 11 is 1.92. The zero-order valence-corrected chi connectivity index (χ0v) is 11.7. The summed E-state index contributed by atoms with van der Waals surface area (Å²) in [7, 11) is 0. The van der Waals surface area contributed by atoms with Gasteiger partial charge in [0, 0.05) is 11.8 Å². The van der Waals surface area contributed by atoms with E-state index in [1.165, 1.54) is 22.4 Å². The van der Waals surface area contributed by atoms with Gasteiger partial charge in [-0.1, -0.05) is 25.1 Å². The van der Waals surface area contributed by atoms with Crippen LogP contribution in [0.5, 0.6) is 0 Å². The Labute approximate surface area is 104 Å². The molecule has 0 aliphatic rings. The Hall–Kier alpha value is -0.470. The van der Waals surface area contributed by atoms with E-state index >= 15 is 0 Å². The van der Waals surface area contributed by atoms with E-state index in [4.69, 9.17) is 0 Å². The average Bonchev–Trinajstić information content (AvgIpc) is 2.24. The SMILES string of the molecule is CCNC(CSC)Cc1c(C)cccc1C. The van der Waals surface area contributed by atoms with Gasteiger partial charge in [-0.25, -0.2) is 0 Å². The Bertz CT molecular complexity index is 296. The fourth-order valence-corrected chi connectivity index (χ4v) is 2.74. The number of benzene rings is 1. The summed E-state index contributed by atoms with van der Waals surface area (Å²) in [5.74, 6) is 1.18. The molecule has 1 nitrogen and oxygen atoms in total. The second-order valence-electron chi connectivity index (χ2n) is 4.28. The van der Waals surface area contributed by atoms with Gasteiger partial charge in [0.2, 0.25) is 0 Å². The lowest BCUT2D eigenvalue weighted by Gasteiger charge is -2.19. The largest absolute Gasteiger partial charge is 0.313 e. The van der Waals surface area contributed by atoms with Crippen molar-refractivity contribution in [1.29, 1.82) is 0 Å². The molecule has 0 spiro atoms. The van der Waals surface area contributed by atoms with Crippen LogP contribution in [0.25, 0.3) is 0 Å². The second-order valence-corrected chi connectivity index (χ2v) is 5.20. The summed E-state index contributed by atoms with van der Waals surface area (Å²) in [6.07, 6.45) is 3.32. The van der Waals surface area contributed by atoms with E-state index in [2.05, 4.69) is 50.5 Å². The van der Waals surface area contributed by atoms with E-state index in [1.807, 2.05) is 11.8 Å². The van der Waals surface area contributed by atoms with Crippen molar-refractivity contribution >= 4 is 11.8 Å². The third kappa shape index (κ3) is 3.84. The highest BCUT2D eigenvalue weighted by atomic mass is 32.2. The first-order chi connectivity index (χ1) is 7.69. The quantitative estimate of drug-likeness (QED) is 0.815. The molecule has 0 fully saturated rings. The fourth-order valence-electron chi connectivity index (χ4n) is 2.10. The number of nitrogens with one attached hydrogen (secondary N) is 1. The maximum atomic E-state index is 3.57. The molecule has 0 aromatic heterocycles. The van der Waals surface area contributed by atoms with Crippen LogP contribution in [-0.4, -0.2) is 24.6 Å². The van der Waals surface area contributed by atoms with Gasteiger partial charge in [0.25, 0.3) is 0 Å². The van der Waals surface area contributed by atoms with Crippen LogP contribution in [0, 0.1) is 13.8 Å². The summed E-state index contributed by atoms with van der Waals surface area (Å²) in [6, 6.07) is 7.17. The number of likely N-dealkylation sites (N-methyl/N-ethyl adjacent to an activating group) is 1. The van der Waals surface area contributed by atoms with E-state index in [-0.39, 0.29) is 0 Å². The van der Waals surface area contributed by atoms with Crippen LogP contribution in [-0.2, 0) is 6.42 Å². The molecular weight excluding hydrogens is 214 g/mol. The molecule has 0 aliphatic heterocycles. The first-order valence-electron chi connectivity index (χ1n) is 5.96. The zero-order valence-electron chi connectivity index (χ0n) is 10.8. The molecule has 90 valence electrons. The van der Waals surface area contributed by atoms with Gasteiger partial charge in [-0.15, -0.1) is 0 Å². The lowest BCUT2D eigenvalue weighted by molar-refractivity contribution is 0.570. The molecule has 0 saturated heterocycles. The van der Waals surface area contributed by atoms with Crippen LogP contribution in [0.2, 0.25) is 0 Å². The normalized spacial score (nSPS) is 12.8. The summed E-state index contributed by atoms with van der Waals surface area (Å²) in [5.41, 5.74) is 4.36. The maximum absolute atomic E-state index is 3.57. The van der Waals surface area contributed by atoms with Crippen LogP contribution < -0.4 is 5.32 Å². The minimum absolute atomic E-state index is 0.597. The van der Waals surface area contributed by atoms with Crippen LogP contribution in [0.1, 0.15) is 23.6 Å². The van der Waals surface area contributed by atoms with Crippen LogP contribution in [0.3, 0.4) is 0 Å². The molecule has 1 unspecified atom stereocenters. The Morgan fingerprint density at radius 2 is 1.88 bits per heavy atom. The monoisotopic (exact) mass is 237 g/mol. The highest BCUT2D eigenvalue weighted by Crippen LogP contribution is 2.16. The first-order valence-corrected chi connectivity index (χ1v) is 7.35. The van der Waals surface area contributed by atoms with Crippen LogP contribution >= 0.6 is 11.8 Å². The lowest BCUT2D eigenvalue weighted by Crippen LogP contribution is -2.33. The van der Waals surface area contributed by atoms with Gasteiger partial charge >= 0.3 is 0 Å². The third-order valence-electron chi connectivity index (χ3n) is 2.96. The first kappa shape index (κ1) is 13.6. The van der Waals surface area contributed by atoms with Crippen LogP contribution in [0.4, 0.5) is 0 Å². The van der Waals surface area contributed by atoms with Crippen molar-refractivity contribution in [2.24, 2.45) is 0 Å². The Balaban J connectivity index is 2.76. The number of rotatable bonds is 6. The molecule has 2 heteroatoms. The minimum atomic E-state index is 0.597. The van der Waals surface area contributed by atoms with E-state index < -0.39 is 0 Å². The van der Waals surface area contributed by atoms with Crippen molar-refractivity contribution in [2.75, 3.05) is 18.6 Å². The molecule has 0 heterocycles. The van der Waals surface area contributed by atoms with Crippen molar-refractivity contribution in [3.8, 4) is 0 Å². The van der Waals surface area contributed by atoms with Gasteiger partial charge in [0.1, 0.15) is 0 Å². The standard InChI is InChI=1S/C14H23NS/c1-5-15-13(10-16-4)9-14-11(2)7-6-8-12(14)3/h6-8,13,15H,5,9-10H2,1-4H3. The number of hydrogen-bond donors (Lipinski definition) is 1. The second kappa shape index (κ2) is 6.97. The fraction of sp³-hybridized carbons (Fsp3) is 0.571. The van der Waals surface area contributed by atoms with E-state index in [9.17, 15) is 0 Å². The molecule has 1 aromatic rings. The summed E-state index contributed by atoms with van der Waals surface area (Å²) in [6.45, 7) is 7.66. The smallest absolute Gasteiger partial charge is 0.0198 e. The van der Waals surface area contributed by atoms with Gasteiger partial charge < -0.3 is 5.32 Å². The summed E-state index contributed by atoms with van der Waals surface area (Å²) < 4.78 is 0. The number of thioether (sulfide) groups is 1. The average molecular weight is 237 g/mol. The highest BCUT2D eigenvalue weighted by molar-refractivity contribution is 7.98. The molecule has 1 N–H and O–H groups in total. The van der Waals surface area contributed by atoms with Crippen molar-refractivity contribution in [3.63, 3.8) is 0 Å². The molecule has 1 aromatic carbocycles. The lowest BCUT2D eigenvalue weighted by atomic mass is 9.97. The summed E-state index contributed by atoms with van der Waals surface area (Å²) in [4.78, 5) is 0. The molecular formula is C14H23NS. The number of hydrogen-bond acceptors (Lipinski definition) is 2. The molecule has 1 rings (SSSR count). The van der Waals surface area contributed by atoms with E-state index in [0.29, 0.717) is 6.04 Å². The predicted octanol–water partition coefficient (Wildman–Crippen LogP) is 3.19. The maximum Gasteiger partial charge on any atom is 0.0198 e. The molecule has 0 saturated carbocycles. The van der Waals surface area contributed by atoms with E-state index in [0.717, 1.165) is 13.0 Å². The number of aryl methyl sites for hydroxylation is 2. The Morgan fingerprint density at radius 3 is 2.38 bits per heavy atom. The predicted molar refractivity (Wildman–Crippen MR) is 75.5 cm³/mol. The molecule has 16 heavy (non-hydrogen) atoms. The van der Waals surface area contributed by atoms with Crippen LogP contribution in [0.15, 0.2) is 18.2 Å². The van der Waals surface area contributed by atoms with Crippen molar-refractivity contribution in [1.82, 2.24) is 5.32 Å². The zero-order chi connectivity index (χ0) is 12.0. The molecule has 0 aliphatic carbocycles. The topological polar surface area (TPSA) is 12.0 Å². The minimum Gasteiger partial charge on any atom is -0.313 e. The summed E-state index contributed by atoms with van der Waals surface area (Å²) in [5, 5.41) is 3.57. The molecule has 0 amide bonds. The van der Waals surface area contributed by atoms with Gasteiger partial charge in [0.05, 0.1) is 0 Å². The van der Waals surface area contributed by atoms with Gasteiger partial charge in [0.15, 0.2) is 0 Å². The van der Waals surface area contributed by atoms with Crippen molar-refractivity contribution in [3.05, 3.63) is 34.9 Å². The Morgan fingerprint density at radius 1 is 1.25 bits per heavy atom. The van der Waals surface area contributed by atoms with Gasteiger partial charge in [-0.2, -0.15) is 11.8 Å². The van der Waals surface area contributed by atoms with E-state index in [1.54, 1.807) is 0 Å². The van der Waals surface area contributed by atoms with Gasteiger partial charge in [-0.05, 0) is 49.8 Å². The molecule has 0 bridgehead atoms. The Kier molecular flexibility index (Phi) is 5.93. The van der Waals surface area contributed by atoms with Crippen molar-refractivity contribution < 1.29 is 0 Å². The molecule has 1 atom stereocenters. The highest BCUT2D eigenvalue weighted by Gasteiger charge is 2.10. The van der Waals surface area contributed by atoms with Crippen molar-refractivity contribution in [2.45, 2.75) is 33.2 Å². The van der Waals surface area contributed by atoms with Gasteiger partial charge in [-0.3, -0.25) is 0 Å². The molecule has 0 radical (unpaired) electrons.